The molecule has 0 saturated carbocycles. The Morgan fingerprint density at radius 1 is 1.32 bits per heavy atom. The fraction of sp³-hybridized carbons (Fsp3) is 0.714. The maximum absolute atomic E-state index is 11.8. The van der Waals surface area contributed by atoms with Crippen molar-refractivity contribution in [2.24, 2.45) is 0 Å². The minimum absolute atomic E-state index is 0.0362. The molecule has 1 amide bonds. The second kappa shape index (κ2) is 7.94. The minimum atomic E-state index is 0.0362. The topological polar surface area (TPSA) is 59.0 Å². The van der Waals surface area contributed by atoms with Crippen molar-refractivity contribution in [3.05, 3.63) is 17.0 Å². The van der Waals surface area contributed by atoms with Gasteiger partial charge in [-0.2, -0.15) is 5.10 Å². The van der Waals surface area contributed by atoms with E-state index >= 15 is 0 Å². The molecule has 1 aromatic heterocycles. The molecule has 1 aromatic rings. The number of aryl methyl sites for hydroxylation is 1. The third kappa shape index (κ3) is 4.67. The first-order valence-corrected chi connectivity index (χ1v) is 7.10. The largest absolute Gasteiger partial charge is 0.354 e. The third-order valence-corrected chi connectivity index (χ3v) is 3.23. The van der Waals surface area contributed by atoms with Gasteiger partial charge in [-0.3, -0.25) is 9.48 Å². The van der Waals surface area contributed by atoms with E-state index in [0.29, 0.717) is 6.54 Å². The Balaban J connectivity index is 2.61. The summed E-state index contributed by atoms with van der Waals surface area (Å²) < 4.78 is 1.79. The summed E-state index contributed by atoms with van der Waals surface area (Å²) >= 11 is 0. The maximum Gasteiger partial charge on any atom is 0.241 e. The second-order valence-corrected chi connectivity index (χ2v) is 4.79. The zero-order valence-electron chi connectivity index (χ0n) is 12.5. The molecule has 0 spiro atoms. The predicted molar refractivity (Wildman–Crippen MR) is 77.0 cm³/mol. The number of amides is 1. The molecule has 0 fully saturated rings. The molecular formula is C14H26N4O. The van der Waals surface area contributed by atoms with Crippen molar-refractivity contribution < 1.29 is 4.79 Å². The van der Waals surface area contributed by atoms with E-state index in [2.05, 4.69) is 29.6 Å². The SMILES string of the molecule is CCCCNC(=O)Cn1nc(C)c(CNCC)c1C. The summed E-state index contributed by atoms with van der Waals surface area (Å²) in [6.07, 6.45) is 2.11. The van der Waals surface area contributed by atoms with E-state index in [-0.39, 0.29) is 5.91 Å². The monoisotopic (exact) mass is 266 g/mol. The van der Waals surface area contributed by atoms with Crippen molar-refractivity contribution >= 4 is 5.91 Å². The summed E-state index contributed by atoms with van der Waals surface area (Å²) in [5.74, 6) is 0.0362. The molecule has 2 N–H and O–H groups in total. The number of carbonyl (C=O) groups is 1. The third-order valence-electron chi connectivity index (χ3n) is 3.23. The molecule has 0 aliphatic heterocycles. The van der Waals surface area contributed by atoms with Crippen LogP contribution in [-0.4, -0.2) is 28.8 Å². The van der Waals surface area contributed by atoms with Gasteiger partial charge in [-0.15, -0.1) is 0 Å². The first kappa shape index (κ1) is 15.7. The summed E-state index contributed by atoms with van der Waals surface area (Å²) in [4.78, 5) is 11.8. The first-order valence-electron chi connectivity index (χ1n) is 7.10. The van der Waals surface area contributed by atoms with Crippen LogP contribution in [0.1, 0.15) is 43.6 Å². The predicted octanol–water partition coefficient (Wildman–Crippen LogP) is 1.53. The fourth-order valence-corrected chi connectivity index (χ4v) is 1.99. The van der Waals surface area contributed by atoms with Crippen LogP contribution in [-0.2, 0) is 17.9 Å². The van der Waals surface area contributed by atoms with Crippen molar-refractivity contribution in [2.75, 3.05) is 13.1 Å². The molecule has 0 aromatic carbocycles. The van der Waals surface area contributed by atoms with Gasteiger partial charge in [-0.05, 0) is 26.8 Å². The van der Waals surface area contributed by atoms with Crippen LogP contribution in [0.5, 0.6) is 0 Å². The Labute approximate surface area is 115 Å². The Kier molecular flexibility index (Phi) is 6.56. The van der Waals surface area contributed by atoms with Crippen LogP contribution >= 0.6 is 0 Å². The second-order valence-electron chi connectivity index (χ2n) is 4.79. The number of hydrogen-bond acceptors (Lipinski definition) is 3. The van der Waals surface area contributed by atoms with Crippen LogP contribution in [0.15, 0.2) is 0 Å². The molecule has 0 unspecified atom stereocenters. The molecule has 5 nitrogen and oxygen atoms in total. The Hall–Kier alpha value is -1.36. The lowest BCUT2D eigenvalue weighted by molar-refractivity contribution is -0.121. The van der Waals surface area contributed by atoms with Gasteiger partial charge in [0.15, 0.2) is 0 Å². The van der Waals surface area contributed by atoms with E-state index < -0.39 is 0 Å². The molecule has 0 bridgehead atoms. The number of nitrogens with zero attached hydrogens (tertiary/aromatic N) is 2. The smallest absolute Gasteiger partial charge is 0.241 e. The van der Waals surface area contributed by atoms with Gasteiger partial charge in [0.05, 0.1) is 5.69 Å². The first-order chi connectivity index (χ1) is 9.10. The maximum atomic E-state index is 11.8. The molecule has 0 radical (unpaired) electrons. The number of nitrogens with one attached hydrogen (secondary N) is 2. The lowest BCUT2D eigenvalue weighted by Crippen LogP contribution is -2.29. The molecule has 0 saturated heterocycles. The van der Waals surface area contributed by atoms with Crippen molar-refractivity contribution in [3.8, 4) is 0 Å². The number of aromatic nitrogens is 2. The van der Waals surface area contributed by atoms with Gasteiger partial charge in [0.25, 0.3) is 0 Å². The molecule has 0 aliphatic carbocycles. The highest BCUT2D eigenvalue weighted by Gasteiger charge is 2.12. The fourth-order valence-electron chi connectivity index (χ4n) is 1.99. The van der Waals surface area contributed by atoms with E-state index in [1.807, 2.05) is 13.8 Å². The van der Waals surface area contributed by atoms with Crippen molar-refractivity contribution in [1.82, 2.24) is 20.4 Å². The van der Waals surface area contributed by atoms with E-state index in [0.717, 1.165) is 43.9 Å². The van der Waals surface area contributed by atoms with Gasteiger partial charge in [-0.25, -0.2) is 0 Å². The van der Waals surface area contributed by atoms with Crippen molar-refractivity contribution in [1.29, 1.82) is 0 Å². The highest BCUT2D eigenvalue weighted by atomic mass is 16.2. The zero-order chi connectivity index (χ0) is 14.3. The molecule has 19 heavy (non-hydrogen) atoms. The summed E-state index contributed by atoms with van der Waals surface area (Å²) in [6.45, 7) is 11.0. The van der Waals surface area contributed by atoms with Crippen molar-refractivity contribution in [3.63, 3.8) is 0 Å². The van der Waals surface area contributed by atoms with Crippen molar-refractivity contribution in [2.45, 2.75) is 53.6 Å². The molecule has 5 heteroatoms. The number of hydrogen-bond donors (Lipinski definition) is 2. The van der Waals surface area contributed by atoms with Crippen LogP contribution in [0.4, 0.5) is 0 Å². The zero-order valence-corrected chi connectivity index (χ0v) is 12.5. The van der Waals surface area contributed by atoms with Crippen LogP contribution in [0.25, 0.3) is 0 Å². The van der Waals surface area contributed by atoms with E-state index in [4.69, 9.17) is 0 Å². The van der Waals surface area contributed by atoms with E-state index in [1.165, 1.54) is 5.56 Å². The molecule has 1 heterocycles. The van der Waals surface area contributed by atoms with Gasteiger partial charge < -0.3 is 10.6 Å². The Bertz CT molecular complexity index is 412. The summed E-state index contributed by atoms with van der Waals surface area (Å²) in [7, 11) is 0. The molecule has 108 valence electrons. The van der Waals surface area contributed by atoms with Gasteiger partial charge >= 0.3 is 0 Å². The van der Waals surface area contributed by atoms with Gasteiger partial charge in [0.2, 0.25) is 5.91 Å². The normalized spacial score (nSPS) is 10.7. The van der Waals surface area contributed by atoms with Crippen LogP contribution in [0.2, 0.25) is 0 Å². The standard InChI is InChI=1S/C14H26N4O/c1-5-7-8-16-14(19)10-18-12(4)13(9-15-6-2)11(3)17-18/h15H,5-10H2,1-4H3,(H,16,19). The van der Waals surface area contributed by atoms with Gasteiger partial charge in [0.1, 0.15) is 6.54 Å². The summed E-state index contributed by atoms with van der Waals surface area (Å²) in [5, 5.41) is 10.7. The quantitative estimate of drug-likeness (QED) is 0.702. The van der Waals surface area contributed by atoms with Gasteiger partial charge in [0, 0.05) is 24.3 Å². The number of rotatable bonds is 8. The molecule has 0 aliphatic rings. The van der Waals surface area contributed by atoms with E-state index in [1.54, 1.807) is 4.68 Å². The highest BCUT2D eigenvalue weighted by Crippen LogP contribution is 2.12. The number of carbonyl (C=O) groups excluding carboxylic acids is 1. The molecule has 1 rings (SSSR count). The molecular weight excluding hydrogens is 240 g/mol. The van der Waals surface area contributed by atoms with Crippen LogP contribution in [0, 0.1) is 13.8 Å². The van der Waals surface area contributed by atoms with Crippen LogP contribution in [0.3, 0.4) is 0 Å². The average Bonchev–Trinajstić information content (AvgIpc) is 2.63. The van der Waals surface area contributed by atoms with Gasteiger partial charge in [-0.1, -0.05) is 20.3 Å². The summed E-state index contributed by atoms with van der Waals surface area (Å²) in [5.41, 5.74) is 3.27. The Morgan fingerprint density at radius 2 is 2.05 bits per heavy atom. The minimum Gasteiger partial charge on any atom is -0.354 e. The van der Waals surface area contributed by atoms with E-state index in [9.17, 15) is 4.79 Å². The lowest BCUT2D eigenvalue weighted by Gasteiger charge is -2.07. The molecule has 0 atom stereocenters. The number of unbranched alkanes of at least 4 members (excludes halogenated alkanes) is 1. The van der Waals surface area contributed by atoms with Crippen LogP contribution < -0.4 is 10.6 Å². The average molecular weight is 266 g/mol. The summed E-state index contributed by atoms with van der Waals surface area (Å²) in [6, 6.07) is 0. The Morgan fingerprint density at radius 3 is 2.68 bits per heavy atom. The lowest BCUT2D eigenvalue weighted by atomic mass is 10.2. The highest BCUT2D eigenvalue weighted by molar-refractivity contribution is 5.75.